The molecule has 0 saturated carbocycles. The summed E-state index contributed by atoms with van der Waals surface area (Å²) in [6.07, 6.45) is 1.58. The lowest BCUT2D eigenvalue weighted by Gasteiger charge is -2.20. The molecule has 0 aliphatic carbocycles. The van der Waals surface area contributed by atoms with Gasteiger partial charge in [-0.2, -0.15) is 4.31 Å². The van der Waals surface area contributed by atoms with E-state index >= 15 is 0 Å². The molecule has 156 valence electrons. The van der Waals surface area contributed by atoms with Crippen LogP contribution in [0.5, 0.6) is 0 Å². The minimum absolute atomic E-state index is 0.0479. The molecule has 2 heterocycles. The molecule has 1 aliphatic rings. The molecule has 0 unspecified atom stereocenters. The van der Waals surface area contributed by atoms with Crippen LogP contribution in [0.1, 0.15) is 11.3 Å². The highest BCUT2D eigenvalue weighted by atomic mass is 35.5. The van der Waals surface area contributed by atoms with E-state index in [1.807, 2.05) is 48.5 Å². The van der Waals surface area contributed by atoms with Crippen LogP contribution in [-0.2, 0) is 23.1 Å². The normalized spacial score (nSPS) is 14.0. The standard InChI is InChI=1S/C22H16Cl2N4O2S/c23-18-9-19(24)11-21(10-18)31(29,30)27-13-17-8-16(15-4-2-1-3-5-15)6-7-22(17)28-20(14-27)12-25-26-28/h1-12H,13-14H2. The molecule has 3 aromatic carbocycles. The maximum absolute atomic E-state index is 13.5. The lowest BCUT2D eigenvalue weighted by Crippen LogP contribution is -2.29. The molecule has 0 spiro atoms. The molecule has 0 fully saturated rings. The van der Waals surface area contributed by atoms with Crippen LogP contribution >= 0.6 is 23.2 Å². The first-order valence-electron chi connectivity index (χ1n) is 9.46. The highest BCUT2D eigenvalue weighted by molar-refractivity contribution is 7.89. The molecule has 0 amide bonds. The molecule has 1 aromatic heterocycles. The highest BCUT2D eigenvalue weighted by Gasteiger charge is 2.31. The van der Waals surface area contributed by atoms with Crippen molar-refractivity contribution in [2.24, 2.45) is 0 Å². The third-order valence-electron chi connectivity index (χ3n) is 5.19. The highest BCUT2D eigenvalue weighted by Crippen LogP contribution is 2.32. The van der Waals surface area contributed by atoms with E-state index in [0.29, 0.717) is 5.69 Å². The van der Waals surface area contributed by atoms with E-state index in [-0.39, 0.29) is 28.0 Å². The van der Waals surface area contributed by atoms with Crippen molar-refractivity contribution in [3.05, 3.63) is 94.2 Å². The average Bonchev–Trinajstić information content (AvgIpc) is 3.15. The number of hydrogen-bond acceptors (Lipinski definition) is 4. The van der Waals surface area contributed by atoms with Crippen molar-refractivity contribution in [1.29, 1.82) is 0 Å². The second-order valence-corrected chi connectivity index (χ2v) is 10.0. The Labute approximate surface area is 189 Å². The molecular weight excluding hydrogens is 455 g/mol. The van der Waals surface area contributed by atoms with Crippen molar-refractivity contribution in [3.8, 4) is 16.8 Å². The monoisotopic (exact) mass is 470 g/mol. The van der Waals surface area contributed by atoms with Crippen LogP contribution in [0.2, 0.25) is 10.0 Å². The van der Waals surface area contributed by atoms with Crippen LogP contribution in [0.3, 0.4) is 0 Å². The number of sulfonamides is 1. The minimum atomic E-state index is -3.88. The fourth-order valence-corrected chi connectivity index (χ4v) is 5.84. The van der Waals surface area contributed by atoms with Crippen molar-refractivity contribution in [2.75, 3.05) is 0 Å². The summed E-state index contributed by atoms with van der Waals surface area (Å²) >= 11 is 12.1. The van der Waals surface area contributed by atoms with Gasteiger partial charge in [0.25, 0.3) is 0 Å². The van der Waals surface area contributed by atoms with Gasteiger partial charge in [-0.15, -0.1) is 5.10 Å². The van der Waals surface area contributed by atoms with Crippen LogP contribution < -0.4 is 0 Å². The zero-order valence-electron chi connectivity index (χ0n) is 16.1. The molecule has 6 nitrogen and oxygen atoms in total. The van der Waals surface area contributed by atoms with Gasteiger partial charge < -0.3 is 0 Å². The van der Waals surface area contributed by atoms with Crippen molar-refractivity contribution >= 4 is 33.2 Å². The summed E-state index contributed by atoms with van der Waals surface area (Å²) in [5, 5.41) is 8.70. The summed E-state index contributed by atoms with van der Waals surface area (Å²) in [7, 11) is -3.88. The Morgan fingerprint density at radius 2 is 1.58 bits per heavy atom. The fraction of sp³-hybridized carbons (Fsp3) is 0.0909. The van der Waals surface area contributed by atoms with E-state index < -0.39 is 10.0 Å². The number of nitrogens with zero attached hydrogens (tertiary/aromatic N) is 4. The van der Waals surface area contributed by atoms with Gasteiger partial charge in [0.05, 0.1) is 29.0 Å². The third kappa shape index (κ3) is 3.74. The van der Waals surface area contributed by atoms with Gasteiger partial charge in [-0.25, -0.2) is 13.1 Å². The molecule has 9 heteroatoms. The van der Waals surface area contributed by atoms with Crippen LogP contribution in [0.15, 0.2) is 77.8 Å². The molecule has 0 N–H and O–H groups in total. The second kappa shape index (κ2) is 7.76. The Bertz CT molecular complexity index is 1370. The quantitative estimate of drug-likeness (QED) is 0.424. The van der Waals surface area contributed by atoms with E-state index in [4.69, 9.17) is 23.2 Å². The van der Waals surface area contributed by atoms with Gasteiger partial charge in [-0.05, 0) is 47.0 Å². The van der Waals surface area contributed by atoms with Gasteiger partial charge in [0.1, 0.15) is 0 Å². The molecule has 0 radical (unpaired) electrons. The molecule has 31 heavy (non-hydrogen) atoms. The maximum atomic E-state index is 13.5. The van der Waals surface area contributed by atoms with E-state index in [0.717, 1.165) is 22.4 Å². The van der Waals surface area contributed by atoms with E-state index in [2.05, 4.69) is 10.3 Å². The van der Waals surface area contributed by atoms with Gasteiger partial charge in [-0.3, -0.25) is 0 Å². The maximum Gasteiger partial charge on any atom is 0.243 e. The molecule has 0 saturated heterocycles. The number of halogens is 2. The second-order valence-electron chi connectivity index (χ2n) is 7.22. The van der Waals surface area contributed by atoms with Crippen molar-refractivity contribution in [2.45, 2.75) is 18.0 Å². The average molecular weight is 471 g/mol. The van der Waals surface area contributed by atoms with Crippen molar-refractivity contribution < 1.29 is 8.42 Å². The number of rotatable bonds is 3. The number of hydrogen-bond donors (Lipinski definition) is 0. The van der Waals surface area contributed by atoms with E-state index in [9.17, 15) is 8.42 Å². The molecular formula is C22H16Cl2N4O2S. The Morgan fingerprint density at radius 3 is 2.32 bits per heavy atom. The topological polar surface area (TPSA) is 68.1 Å². The van der Waals surface area contributed by atoms with Crippen LogP contribution in [0.25, 0.3) is 16.8 Å². The van der Waals surface area contributed by atoms with Gasteiger partial charge in [0.15, 0.2) is 0 Å². The summed E-state index contributed by atoms with van der Waals surface area (Å²) in [6.45, 7) is 0.292. The first kappa shape index (κ1) is 20.2. The van der Waals surface area contributed by atoms with Gasteiger partial charge in [0, 0.05) is 16.6 Å². The summed E-state index contributed by atoms with van der Waals surface area (Å²) in [5.41, 5.74) is 4.33. The first-order valence-corrected chi connectivity index (χ1v) is 11.7. The van der Waals surface area contributed by atoms with E-state index in [1.165, 1.54) is 22.5 Å². The Morgan fingerprint density at radius 1 is 0.839 bits per heavy atom. The fourth-order valence-electron chi connectivity index (χ4n) is 3.72. The van der Waals surface area contributed by atoms with Gasteiger partial charge in [0.2, 0.25) is 10.0 Å². The molecule has 0 bridgehead atoms. The Balaban J connectivity index is 1.64. The summed E-state index contributed by atoms with van der Waals surface area (Å²) in [4.78, 5) is 0.0479. The van der Waals surface area contributed by atoms with Gasteiger partial charge >= 0.3 is 0 Å². The molecule has 4 aromatic rings. The zero-order chi connectivity index (χ0) is 21.6. The molecule has 0 atom stereocenters. The summed E-state index contributed by atoms with van der Waals surface area (Å²) in [6, 6.07) is 20.2. The SMILES string of the molecule is O=S(=O)(c1cc(Cl)cc(Cl)c1)N1Cc2cc(-c3ccccc3)ccc2-n2nncc2C1. The predicted molar refractivity (Wildman–Crippen MR) is 120 cm³/mol. The van der Waals surface area contributed by atoms with Crippen LogP contribution in [0, 0.1) is 0 Å². The summed E-state index contributed by atoms with van der Waals surface area (Å²) in [5.74, 6) is 0. The smallest absolute Gasteiger partial charge is 0.216 e. The lowest BCUT2D eigenvalue weighted by molar-refractivity contribution is 0.401. The number of fused-ring (bicyclic) bond motifs is 3. The van der Waals surface area contributed by atoms with Crippen molar-refractivity contribution in [3.63, 3.8) is 0 Å². The Hall–Kier alpha value is -2.71. The Kier molecular flexibility index (Phi) is 5.06. The van der Waals surface area contributed by atoms with E-state index in [1.54, 1.807) is 10.9 Å². The molecule has 5 rings (SSSR count). The largest absolute Gasteiger partial charge is 0.243 e. The predicted octanol–water partition coefficient (Wildman–Crippen LogP) is 4.95. The van der Waals surface area contributed by atoms with Crippen LogP contribution in [0.4, 0.5) is 0 Å². The van der Waals surface area contributed by atoms with Crippen LogP contribution in [-0.4, -0.2) is 27.7 Å². The number of benzene rings is 3. The first-order chi connectivity index (χ1) is 14.9. The van der Waals surface area contributed by atoms with Gasteiger partial charge in [-0.1, -0.05) is 64.8 Å². The molecule has 1 aliphatic heterocycles. The minimum Gasteiger partial charge on any atom is -0.216 e. The summed E-state index contributed by atoms with van der Waals surface area (Å²) < 4.78 is 30.1. The third-order valence-corrected chi connectivity index (χ3v) is 7.40. The lowest BCUT2D eigenvalue weighted by atomic mass is 10.0. The van der Waals surface area contributed by atoms with Crippen molar-refractivity contribution in [1.82, 2.24) is 19.3 Å². The zero-order valence-corrected chi connectivity index (χ0v) is 18.4. The number of aromatic nitrogens is 3.